The molecule has 10 heteroatoms. The number of carbonyl (C=O) groups excluding carboxylic acids is 1. The maximum atomic E-state index is 12.7. The van der Waals surface area contributed by atoms with E-state index in [9.17, 15) is 4.79 Å². The number of anilines is 1. The molecule has 1 amide bonds. The first-order chi connectivity index (χ1) is 15.9. The fraction of sp³-hybridized carbons (Fsp3) is 0.217. The number of para-hydroxylation sites is 1. The van der Waals surface area contributed by atoms with Crippen molar-refractivity contribution >= 4 is 23.2 Å². The lowest BCUT2D eigenvalue weighted by molar-refractivity contribution is 0.102. The Morgan fingerprint density at radius 1 is 1.12 bits per heavy atom. The van der Waals surface area contributed by atoms with Crippen LogP contribution in [0.15, 0.2) is 46.9 Å². The van der Waals surface area contributed by atoms with Gasteiger partial charge < -0.3 is 19.2 Å². The van der Waals surface area contributed by atoms with Crippen molar-refractivity contribution in [3.63, 3.8) is 0 Å². The molecule has 1 N–H and O–H groups in total. The molecule has 2 heterocycles. The van der Waals surface area contributed by atoms with Gasteiger partial charge in [-0.3, -0.25) is 4.79 Å². The first-order valence-electron chi connectivity index (χ1n) is 10.1. The van der Waals surface area contributed by atoms with Gasteiger partial charge in [-0.2, -0.15) is 0 Å². The summed E-state index contributed by atoms with van der Waals surface area (Å²) in [7, 11) is 3.12. The molecular weight excluding hydrogens is 446 g/mol. The Labute approximate surface area is 195 Å². The Balaban J connectivity index is 1.53. The van der Waals surface area contributed by atoms with E-state index < -0.39 is 5.91 Å². The van der Waals surface area contributed by atoms with Crippen LogP contribution in [0.3, 0.4) is 0 Å². The number of nitrogens with zero attached hydrogens (tertiary/aromatic N) is 4. The smallest absolute Gasteiger partial charge is 0.278 e. The number of benzene rings is 2. The predicted octanol–water partition coefficient (Wildman–Crippen LogP) is 4.52. The van der Waals surface area contributed by atoms with Gasteiger partial charge in [0.2, 0.25) is 5.89 Å². The second kappa shape index (κ2) is 9.33. The van der Waals surface area contributed by atoms with Gasteiger partial charge in [-0.05, 0) is 44.2 Å². The fourth-order valence-corrected chi connectivity index (χ4v) is 3.57. The minimum Gasteiger partial charge on any atom is -0.496 e. The van der Waals surface area contributed by atoms with Crippen molar-refractivity contribution < 1.29 is 18.7 Å². The molecule has 0 aliphatic rings. The SMILES string of the molecule is COc1ccc(NC(=O)c2nnn(Cc3nc(-c4ccccc4OC)oc3C)c2C)cc1Cl. The van der Waals surface area contributed by atoms with Crippen LogP contribution in [0, 0.1) is 13.8 Å². The monoisotopic (exact) mass is 467 g/mol. The number of aromatic nitrogens is 4. The van der Waals surface area contributed by atoms with Crippen LogP contribution >= 0.6 is 11.6 Å². The summed E-state index contributed by atoms with van der Waals surface area (Å²) in [4.78, 5) is 17.4. The summed E-state index contributed by atoms with van der Waals surface area (Å²) in [6.45, 7) is 3.89. The zero-order valence-electron chi connectivity index (χ0n) is 18.5. The molecule has 0 radical (unpaired) electrons. The molecular formula is C23H22ClN5O4. The highest BCUT2D eigenvalue weighted by atomic mass is 35.5. The molecule has 0 unspecified atom stereocenters. The number of oxazole rings is 1. The normalized spacial score (nSPS) is 10.8. The molecule has 0 atom stereocenters. The number of aryl methyl sites for hydroxylation is 1. The van der Waals surface area contributed by atoms with Crippen LogP contribution in [0.25, 0.3) is 11.5 Å². The number of amides is 1. The van der Waals surface area contributed by atoms with Crippen LogP contribution in [0.2, 0.25) is 5.02 Å². The molecule has 0 aliphatic carbocycles. The van der Waals surface area contributed by atoms with Crippen LogP contribution in [0.5, 0.6) is 11.5 Å². The van der Waals surface area contributed by atoms with E-state index in [1.54, 1.807) is 36.9 Å². The highest BCUT2D eigenvalue weighted by Gasteiger charge is 2.20. The Bertz CT molecular complexity index is 1310. The molecule has 0 saturated heterocycles. The second-order valence-electron chi connectivity index (χ2n) is 7.21. The topological polar surface area (TPSA) is 104 Å². The maximum absolute atomic E-state index is 12.7. The summed E-state index contributed by atoms with van der Waals surface area (Å²) < 4.78 is 18.0. The summed E-state index contributed by atoms with van der Waals surface area (Å²) in [5.74, 6) is 1.88. The Hall–Kier alpha value is -3.85. The van der Waals surface area contributed by atoms with Crippen molar-refractivity contribution in [1.29, 1.82) is 0 Å². The predicted molar refractivity (Wildman–Crippen MR) is 123 cm³/mol. The standard InChI is InChI=1S/C23H22ClN5O4/c1-13-21(22(30)25-15-9-10-20(32-4)17(24)11-15)27-28-29(13)12-18-14(2)33-23(26-18)16-7-5-6-8-19(16)31-3/h5-11H,12H2,1-4H3,(H,25,30). The van der Waals surface area contributed by atoms with Gasteiger partial charge in [-0.15, -0.1) is 5.10 Å². The van der Waals surface area contributed by atoms with Crippen molar-refractivity contribution in [2.75, 3.05) is 19.5 Å². The zero-order chi connectivity index (χ0) is 23.5. The van der Waals surface area contributed by atoms with Crippen molar-refractivity contribution in [3.8, 4) is 23.0 Å². The number of nitrogens with one attached hydrogen (secondary N) is 1. The zero-order valence-corrected chi connectivity index (χ0v) is 19.3. The Morgan fingerprint density at radius 2 is 1.88 bits per heavy atom. The highest BCUT2D eigenvalue weighted by Crippen LogP contribution is 2.31. The van der Waals surface area contributed by atoms with E-state index in [2.05, 4.69) is 20.6 Å². The molecule has 0 saturated carbocycles. The third-order valence-electron chi connectivity index (χ3n) is 5.14. The summed E-state index contributed by atoms with van der Waals surface area (Å²) in [6, 6.07) is 12.5. The molecule has 2 aromatic carbocycles. The molecule has 0 fully saturated rings. The van der Waals surface area contributed by atoms with Gasteiger partial charge >= 0.3 is 0 Å². The molecule has 33 heavy (non-hydrogen) atoms. The van der Waals surface area contributed by atoms with Gasteiger partial charge in [-0.25, -0.2) is 9.67 Å². The van der Waals surface area contributed by atoms with Gasteiger partial charge in [0.05, 0.1) is 37.0 Å². The van der Waals surface area contributed by atoms with Crippen LogP contribution in [-0.2, 0) is 6.54 Å². The van der Waals surface area contributed by atoms with Crippen LogP contribution in [-0.4, -0.2) is 40.1 Å². The van der Waals surface area contributed by atoms with E-state index in [0.29, 0.717) is 51.8 Å². The first-order valence-corrected chi connectivity index (χ1v) is 10.4. The summed E-state index contributed by atoms with van der Waals surface area (Å²) in [6.07, 6.45) is 0. The minimum absolute atomic E-state index is 0.202. The van der Waals surface area contributed by atoms with Gasteiger partial charge in [0.1, 0.15) is 23.0 Å². The second-order valence-corrected chi connectivity index (χ2v) is 7.61. The van der Waals surface area contributed by atoms with E-state index in [1.165, 1.54) is 7.11 Å². The van der Waals surface area contributed by atoms with Crippen LogP contribution < -0.4 is 14.8 Å². The third kappa shape index (κ3) is 4.54. The Kier molecular flexibility index (Phi) is 6.32. The quantitative estimate of drug-likeness (QED) is 0.426. The van der Waals surface area contributed by atoms with Gasteiger partial charge in [0.25, 0.3) is 5.91 Å². The van der Waals surface area contributed by atoms with E-state index in [1.807, 2.05) is 31.2 Å². The van der Waals surface area contributed by atoms with Crippen molar-refractivity contribution in [3.05, 3.63) is 70.3 Å². The molecule has 170 valence electrons. The highest BCUT2D eigenvalue weighted by molar-refractivity contribution is 6.32. The molecule has 2 aromatic heterocycles. The number of methoxy groups -OCH3 is 2. The molecule has 4 rings (SSSR count). The van der Waals surface area contributed by atoms with E-state index in [4.69, 9.17) is 25.5 Å². The lowest BCUT2D eigenvalue weighted by Gasteiger charge is -2.07. The summed E-state index contributed by atoms with van der Waals surface area (Å²) in [5, 5.41) is 11.3. The Morgan fingerprint density at radius 3 is 2.61 bits per heavy atom. The van der Waals surface area contributed by atoms with Crippen LogP contribution in [0.4, 0.5) is 5.69 Å². The minimum atomic E-state index is -0.397. The number of carbonyl (C=O) groups is 1. The van der Waals surface area contributed by atoms with E-state index >= 15 is 0 Å². The van der Waals surface area contributed by atoms with Crippen LogP contribution in [0.1, 0.15) is 27.6 Å². The molecule has 0 aliphatic heterocycles. The molecule has 9 nitrogen and oxygen atoms in total. The number of rotatable bonds is 7. The molecule has 4 aromatic rings. The molecule has 0 bridgehead atoms. The van der Waals surface area contributed by atoms with E-state index in [-0.39, 0.29) is 5.69 Å². The number of hydrogen-bond donors (Lipinski definition) is 1. The lowest BCUT2D eigenvalue weighted by atomic mass is 10.2. The van der Waals surface area contributed by atoms with Crippen molar-refractivity contribution in [2.24, 2.45) is 0 Å². The summed E-state index contributed by atoms with van der Waals surface area (Å²) in [5.41, 5.74) is 2.75. The largest absolute Gasteiger partial charge is 0.496 e. The average molecular weight is 468 g/mol. The summed E-state index contributed by atoms with van der Waals surface area (Å²) >= 11 is 6.13. The van der Waals surface area contributed by atoms with Crippen molar-refractivity contribution in [2.45, 2.75) is 20.4 Å². The lowest BCUT2D eigenvalue weighted by Crippen LogP contribution is -2.14. The van der Waals surface area contributed by atoms with E-state index in [0.717, 1.165) is 5.56 Å². The molecule has 0 spiro atoms. The maximum Gasteiger partial charge on any atom is 0.278 e. The number of ether oxygens (including phenoxy) is 2. The van der Waals surface area contributed by atoms with Gasteiger partial charge in [-0.1, -0.05) is 28.9 Å². The number of hydrogen-bond acceptors (Lipinski definition) is 7. The fourth-order valence-electron chi connectivity index (χ4n) is 3.31. The van der Waals surface area contributed by atoms with Gasteiger partial charge in [0, 0.05) is 5.69 Å². The van der Waals surface area contributed by atoms with Gasteiger partial charge in [0.15, 0.2) is 5.69 Å². The average Bonchev–Trinajstić information content (AvgIpc) is 3.36. The third-order valence-corrected chi connectivity index (χ3v) is 5.43. The first kappa shape index (κ1) is 22.3. The van der Waals surface area contributed by atoms with Crippen molar-refractivity contribution in [1.82, 2.24) is 20.0 Å². The number of halogens is 1.